The fraction of sp³-hybridized carbons (Fsp3) is 0.389. The SMILES string of the molecule is CCNC(=O)[C@@H](NC(=O)[C@H](C)NC[C@H](Cc1ccccc1)NC(=O)c1cc(C(=O)NCc2ccccc2)cc(N(C)S(C)(=O)=O)c1)C(C)C. The van der Waals surface area contributed by atoms with Gasteiger partial charge in [-0.1, -0.05) is 74.5 Å². The highest BCUT2D eigenvalue weighted by Gasteiger charge is 2.27. The van der Waals surface area contributed by atoms with Gasteiger partial charge in [0.2, 0.25) is 21.8 Å². The Bertz CT molecular complexity index is 1680. The first kappa shape index (κ1) is 38.7. The maximum absolute atomic E-state index is 13.8. The molecule has 13 heteroatoms. The molecule has 0 radical (unpaired) electrons. The van der Waals surface area contributed by atoms with Gasteiger partial charge in [0.15, 0.2) is 0 Å². The van der Waals surface area contributed by atoms with Crippen LogP contribution in [0.5, 0.6) is 0 Å². The van der Waals surface area contributed by atoms with Crippen LogP contribution in [-0.4, -0.2) is 76.6 Å². The van der Waals surface area contributed by atoms with Crippen LogP contribution in [0.3, 0.4) is 0 Å². The van der Waals surface area contributed by atoms with Gasteiger partial charge < -0.3 is 26.6 Å². The number of hydrogen-bond acceptors (Lipinski definition) is 7. The minimum absolute atomic E-state index is 0.0865. The average molecular weight is 693 g/mol. The van der Waals surface area contributed by atoms with Crippen LogP contribution in [0, 0.1) is 5.92 Å². The van der Waals surface area contributed by atoms with Gasteiger partial charge in [-0.25, -0.2) is 8.42 Å². The summed E-state index contributed by atoms with van der Waals surface area (Å²) in [6, 6.07) is 21.2. The minimum atomic E-state index is -3.71. The van der Waals surface area contributed by atoms with Crippen LogP contribution in [-0.2, 0) is 32.6 Å². The van der Waals surface area contributed by atoms with Crippen LogP contribution in [0.1, 0.15) is 59.5 Å². The second-order valence-corrected chi connectivity index (χ2v) is 14.3. The van der Waals surface area contributed by atoms with E-state index in [0.717, 1.165) is 21.7 Å². The van der Waals surface area contributed by atoms with Crippen molar-refractivity contribution >= 4 is 39.3 Å². The lowest BCUT2D eigenvalue weighted by Crippen LogP contribution is -2.55. The Hall–Kier alpha value is -4.75. The van der Waals surface area contributed by atoms with Gasteiger partial charge >= 0.3 is 0 Å². The topological polar surface area (TPSA) is 166 Å². The summed E-state index contributed by atoms with van der Waals surface area (Å²) < 4.78 is 25.9. The van der Waals surface area contributed by atoms with Crippen LogP contribution in [0.2, 0.25) is 0 Å². The molecular formula is C36H48N6O6S. The molecule has 0 saturated heterocycles. The molecule has 264 valence electrons. The Balaban J connectivity index is 1.84. The number of amides is 4. The zero-order valence-electron chi connectivity index (χ0n) is 28.9. The molecule has 0 unspecified atom stereocenters. The third-order valence-corrected chi connectivity index (χ3v) is 9.13. The van der Waals surface area contributed by atoms with Crippen molar-refractivity contribution in [1.82, 2.24) is 26.6 Å². The standard InChI is InChI=1S/C36H48N6O6S/c1-7-37-36(46)32(24(2)3)41-33(43)25(4)38-23-30(18-26-14-10-8-11-15-26)40-35(45)29-19-28(20-31(21-29)42(5)49(6,47)48)34(44)39-22-27-16-12-9-13-17-27/h8-17,19-21,24-25,30,32,38H,7,18,22-23H2,1-6H3,(H,37,46)(H,39,44)(H,40,45)(H,41,43)/t25-,30-,32-/m0/s1. The maximum atomic E-state index is 13.8. The molecule has 3 atom stereocenters. The van der Waals surface area contributed by atoms with E-state index >= 15 is 0 Å². The Morgan fingerprint density at radius 3 is 1.88 bits per heavy atom. The predicted octanol–water partition coefficient (Wildman–Crippen LogP) is 2.61. The molecule has 0 aliphatic rings. The molecule has 3 aromatic carbocycles. The summed E-state index contributed by atoms with van der Waals surface area (Å²) in [5, 5.41) is 14.6. The number of likely N-dealkylation sites (N-methyl/N-ethyl adjacent to an activating group) is 1. The smallest absolute Gasteiger partial charge is 0.251 e. The molecule has 0 spiro atoms. The summed E-state index contributed by atoms with van der Waals surface area (Å²) in [4.78, 5) is 52.6. The molecule has 0 aliphatic carbocycles. The highest BCUT2D eigenvalue weighted by molar-refractivity contribution is 7.92. The average Bonchev–Trinajstić information content (AvgIpc) is 3.07. The number of anilines is 1. The quantitative estimate of drug-likeness (QED) is 0.145. The lowest BCUT2D eigenvalue weighted by Gasteiger charge is -2.25. The van der Waals surface area contributed by atoms with Gasteiger partial charge in [-0.2, -0.15) is 0 Å². The first-order valence-corrected chi connectivity index (χ1v) is 18.1. The molecule has 0 saturated carbocycles. The van der Waals surface area contributed by atoms with Crippen molar-refractivity contribution in [2.75, 3.05) is 30.7 Å². The first-order chi connectivity index (χ1) is 23.2. The minimum Gasteiger partial charge on any atom is -0.355 e. The van der Waals surface area contributed by atoms with Crippen LogP contribution < -0.4 is 30.9 Å². The van der Waals surface area contributed by atoms with E-state index in [9.17, 15) is 27.6 Å². The summed E-state index contributed by atoms with van der Waals surface area (Å²) in [7, 11) is -2.36. The van der Waals surface area contributed by atoms with Crippen molar-refractivity contribution < 1.29 is 27.6 Å². The second kappa shape index (κ2) is 18.1. The van der Waals surface area contributed by atoms with Crippen LogP contribution in [0.25, 0.3) is 0 Å². The number of hydrogen-bond donors (Lipinski definition) is 5. The molecule has 0 aromatic heterocycles. The molecule has 3 aromatic rings. The zero-order valence-corrected chi connectivity index (χ0v) is 29.8. The highest BCUT2D eigenvalue weighted by atomic mass is 32.2. The van der Waals surface area contributed by atoms with E-state index in [1.165, 1.54) is 25.2 Å². The van der Waals surface area contributed by atoms with Crippen molar-refractivity contribution in [3.63, 3.8) is 0 Å². The Kier molecular flexibility index (Phi) is 14.3. The number of carbonyl (C=O) groups is 4. The van der Waals surface area contributed by atoms with Gasteiger partial charge in [0, 0.05) is 43.9 Å². The number of sulfonamides is 1. The molecule has 12 nitrogen and oxygen atoms in total. The molecule has 3 rings (SSSR count). The van der Waals surface area contributed by atoms with Gasteiger partial charge in [0.1, 0.15) is 6.04 Å². The van der Waals surface area contributed by atoms with Crippen molar-refractivity contribution in [3.05, 3.63) is 101 Å². The molecule has 0 fully saturated rings. The van der Waals surface area contributed by atoms with Crippen LogP contribution >= 0.6 is 0 Å². The Labute approximate surface area is 289 Å². The molecule has 0 bridgehead atoms. The van der Waals surface area contributed by atoms with Crippen molar-refractivity contribution in [3.8, 4) is 0 Å². The molecule has 0 aliphatic heterocycles. The number of benzene rings is 3. The fourth-order valence-corrected chi connectivity index (χ4v) is 5.47. The number of rotatable bonds is 17. The Morgan fingerprint density at radius 1 is 0.755 bits per heavy atom. The fourth-order valence-electron chi connectivity index (χ4n) is 4.98. The van der Waals surface area contributed by atoms with Crippen LogP contribution in [0.4, 0.5) is 5.69 Å². The van der Waals surface area contributed by atoms with Crippen molar-refractivity contribution in [2.24, 2.45) is 5.92 Å². The highest BCUT2D eigenvalue weighted by Crippen LogP contribution is 2.21. The van der Waals surface area contributed by atoms with Crippen molar-refractivity contribution in [1.29, 1.82) is 0 Å². The van der Waals surface area contributed by atoms with E-state index in [-0.39, 0.29) is 47.6 Å². The largest absolute Gasteiger partial charge is 0.355 e. The Morgan fingerprint density at radius 2 is 1.33 bits per heavy atom. The van der Waals surface area contributed by atoms with Gasteiger partial charge in [0.25, 0.3) is 11.8 Å². The molecule has 0 heterocycles. The molecule has 49 heavy (non-hydrogen) atoms. The third kappa shape index (κ3) is 12.0. The van der Waals surface area contributed by atoms with Gasteiger partial charge in [0.05, 0.1) is 18.0 Å². The second-order valence-electron chi connectivity index (χ2n) is 12.3. The monoisotopic (exact) mass is 692 g/mol. The van der Waals surface area contributed by atoms with E-state index in [2.05, 4.69) is 26.6 Å². The summed E-state index contributed by atoms with van der Waals surface area (Å²) in [6.07, 6.45) is 1.45. The van der Waals surface area contributed by atoms with E-state index in [1.807, 2.05) is 81.4 Å². The normalized spacial score (nSPS) is 13.1. The molecular weight excluding hydrogens is 644 g/mol. The van der Waals surface area contributed by atoms with E-state index in [1.54, 1.807) is 6.92 Å². The van der Waals surface area contributed by atoms with Crippen molar-refractivity contribution in [2.45, 2.75) is 58.8 Å². The van der Waals surface area contributed by atoms with Crippen LogP contribution in [0.15, 0.2) is 78.9 Å². The lowest BCUT2D eigenvalue weighted by atomic mass is 10.0. The summed E-state index contributed by atoms with van der Waals surface area (Å²) in [5.41, 5.74) is 2.16. The van der Waals surface area contributed by atoms with E-state index in [4.69, 9.17) is 0 Å². The van der Waals surface area contributed by atoms with E-state index < -0.39 is 40.0 Å². The third-order valence-electron chi connectivity index (χ3n) is 7.92. The first-order valence-electron chi connectivity index (χ1n) is 16.3. The van der Waals surface area contributed by atoms with Gasteiger partial charge in [-0.15, -0.1) is 0 Å². The summed E-state index contributed by atoms with van der Waals surface area (Å²) in [6.45, 7) is 8.07. The molecule has 5 N–H and O–H groups in total. The summed E-state index contributed by atoms with van der Waals surface area (Å²) >= 11 is 0. The van der Waals surface area contributed by atoms with Gasteiger partial charge in [-0.05, 0) is 55.5 Å². The number of nitrogens with one attached hydrogen (secondary N) is 5. The predicted molar refractivity (Wildman–Crippen MR) is 192 cm³/mol. The number of carbonyl (C=O) groups excluding carboxylic acids is 4. The maximum Gasteiger partial charge on any atom is 0.251 e. The lowest BCUT2D eigenvalue weighted by molar-refractivity contribution is -0.130. The van der Waals surface area contributed by atoms with E-state index in [0.29, 0.717) is 13.0 Å². The van der Waals surface area contributed by atoms with Gasteiger partial charge in [-0.3, -0.25) is 23.5 Å². The molecule has 4 amide bonds. The number of nitrogens with zero attached hydrogens (tertiary/aromatic N) is 1. The summed E-state index contributed by atoms with van der Waals surface area (Å²) in [5.74, 6) is -1.76. The zero-order chi connectivity index (χ0) is 36.1.